The van der Waals surface area contributed by atoms with E-state index in [0.29, 0.717) is 5.02 Å². The molecular formula is C15H17ClN2S. The summed E-state index contributed by atoms with van der Waals surface area (Å²) in [5, 5.41) is 0.693. The van der Waals surface area contributed by atoms with Crippen molar-refractivity contribution in [3.8, 4) is 0 Å². The Bertz CT molecular complexity index is 528. The minimum absolute atomic E-state index is 0.0891. The van der Waals surface area contributed by atoms with Crippen molar-refractivity contribution in [3.05, 3.63) is 58.9 Å². The molecule has 1 heterocycles. The highest BCUT2D eigenvalue weighted by Gasteiger charge is 2.08. The van der Waals surface area contributed by atoms with Crippen LogP contribution in [0.1, 0.15) is 11.1 Å². The predicted octanol–water partition coefficient (Wildman–Crippen LogP) is 3.71. The molecule has 0 fully saturated rings. The van der Waals surface area contributed by atoms with Gasteiger partial charge >= 0.3 is 0 Å². The van der Waals surface area contributed by atoms with E-state index in [9.17, 15) is 0 Å². The first-order chi connectivity index (χ1) is 9.15. The molecule has 2 nitrogen and oxygen atoms in total. The van der Waals surface area contributed by atoms with Crippen LogP contribution >= 0.6 is 23.4 Å². The third-order valence-corrected chi connectivity index (χ3v) is 4.36. The first kappa shape index (κ1) is 14.4. The van der Waals surface area contributed by atoms with Crippen LogP contribution in [0.15, 0.2) is 47.6 Å². The minimum atomic E-state index is 0.0891. The first-order valence-corrected chi connectivity index (χ1v) is 7.55. The summed E-state index contributed by atoms with van der Waals surface area (Å²) in [4.78, 5) is 5.23. The summed E-state index contributed by atoms with van der Waals surface area (Å²) in [6, 6.07) is 10.5. The molecule has 0 saturated carbocycles. The smallest absolute Gasteiger partial charge is 0.0621 e. The molecule has 2 N–H and O–H groups in total. The van der Waals surface area contributed by atoms with Crippen LogP contribution in [0.25, 0.3) is 0 Å². The molecule has 4 heteroatoms. The standard InChI is InChI=1S/C15H17ClN2S/c1-11-2-4-14(5-3-11)19-10-13(17)8-12-6-7-18-9-15(12)16/h2-7,9,13H,8,10,17H2,1H3. The van der Waals surface area contributed by atoms with Crippen molar-refractivity contribution in [1.29, 1.82) is 0 Å². The zero-order valence-electron chi connectivity index (χ0n) is 10.8. The van der Waals surface area contributed by atoms with Gasteiger partial charge in [0.15, 0.2) is 0 Å². The average molecular weight is 293 g/mol. The molecule has 2 rings (SSSR count). The van der Waals surface area contributed by atoms with Gasteiger partial charge in [0.2, 0.25) is 0 Å². The first-order valence-electron chi connectivity index (χ1n) is 6.18. The fraction of sp³-hybridized carbons (Fsp3) is 0.267. The van der Waals surface area contributed by atoms with Crippen molar-refractivity contribution in [2.75, 3.05) is 5.75 Å². The Hall–Kier alpha value is -1.03. The Morgan fingerprint density at radius 2 is 2.00 bits per heavy atom. The Morgan fingerprint density at radius 3 is 2.68 bits per heavy atom. The molecule has 100 valence electrons. The van der Waals surface area contributed by atoms with Crippen LogP contribution in [0.2, 0.25) is 5.02 Å². The Balaban J connectivity index is 1.86. The largest absolute Gasteiger partial charge is 0.327 e. The molecule has 0 amide bonds. The van der Waals surface area contributed by atoms with E-state index >= 15 is 0 Å². The van der Waals surface area contributed by atoms with E-state index in [-0.39, 0.29) is 6.04 Å². The van der Waals surface area contributed by atoms with E-state index in [1.54, 1.807) is 24.2 Å². The summed E-state index contributed by atoms with van der Waals surface area (Å²) in [7, 11) is 0. The van der Waals surface area contributed by atoms with Gasteiger partial charge in [-0.15, -0.1) is 11.8 Å². The van der Waals surface area contributed by atoms with E-state index in [2.05, 4.69) is 36.2 Å². The number of halogens is 1. The molecule has 0 spiro atoms. The fourth-order valence-corrected chi connectivity index (χ4v) is 2.80. The Morgan fingerprint density at radius 1 is 1.26 bits per heavy atom. The zero-order chi connectivity index (χ0) is 13.7. The average Bonchev–Trinajstić information content (AvgIpc) is 2.41. The van der Waals surface area contributed by atoms with Gasteiger partial charge in [-0.25, -0.2) is 0 Å². The number of pyridine rings is 1. The van der Waals surface area contributed by atoms with Gasteiger partial charge in [0.05, 0.1) is 5.02 Å². The lowest BCUT2D eigenvalue weighted by atomic mass is 10.1. The summed E-state index contributed by atoms with van der Waals surface area (Å²) in [6.07, 6.45) is 4.19. The van der Waals surface area contributed by atoms with Crippen molar-refractivity contribution in [1.82, 2.24) is 4.98 Å². The van der Waals surface area contributed by atoms with Crippen LogP contribution in [0.4, 0.5) is 0 Å². The van der Waals surface area contributed by atoms with E-state index in [1.165, 1.54) is 10.5 Å². The number of thioether (sulfide) groups is 1. The molecule has 0 aliphatic carbocycles. The Labute approximate surface area is 123 Å². The quantitative estimate of drug-likeness (QED) is 0.854. The molecule has 2 aromatic rings. The van der Waals surface area contributed by atoms with Gasteiger partial charge in [-0.1, -0.05) is 29.3 Å². The van der Waals surface area contributed by atoms with E-state index < -0.39 is 0 Å². The fourth-order valence-electron chi connectivity index (χ4n) is 1.75. The van der Waals surface area contributed by atoms with Gasteiger partial charge in [0, 0.05) is 29.1 Å². The van der Waals surface area contributed by atoms with Crippen molar-refractivity contribution in [3.63, 3.8) is 0 Å². The van der Waals surface area contributed by atoms with Gasteiger partial charge in [0.25, 0.3) is 0 Å². The maximum atomic E-state index is 6.15. The number of aryl methyl sites for hydroxylation is 1. The highest BCUT2D eigenvalue weighted by molar-refractivity contribution is 7.99. The lowest BCUT2D eigenvalue weighted by Crippen LogP contribution is -2.25. The van der Waals surface area contributed by atoms with Crippen LogP contribution in [0, 0.1) is 6.92 Å². The van der Waals surface area contributed by atoms with Gasteiger partial charge in [-0.2, -0.15) is 0 Å². The number of hydrogen-bond donors (Lipinski definition) is 1. The maximum Gasteiger partial charge on any atom is 0.0621 e. The van der Waals surface area contributed by atoms with Crippen LogP contribution in [-0.4, -0.2) is 16.8 Å². The van der Waals surface area contributed by atoms with E-state index in [1.807, 2.05) is 6.07 Å². The highest BCUT2D eigenvalue weighted by atomic mass is 35.5. The van der Waals surface area contributed by atoms with Crippen molar-refractivity contribution in [2.24, 2.45) is 5.73 Å². The molecule has 0 radical (unpaired) electrons. The molecular weight excluding hydrogens is 276 g/mol. The Kier molecular flexibility index (Phi) is 5.25. The molecule has 1 unspecified atom stereocenters. The third kappa shape index (κ3) is 4.53. The number of hydrogen-bond acceptors (Lipinski definition) is 3. The van der Waals surface area contributed by atoms with Crippen LogP contribution in [0.3, 0.4) is 0 Å². The summed E-state index contributed by atoms with van der Waals surface area (Å²) in [5.41, 5.74) is 8.49. The number of rotatable bonds is 5. The van der Waals surface area contributed by atoms with E-state index in [4.69, 9.17) is 17.3 Å². The van der Waals surface area contributed by atoms with Gasteiger partial charge in [-0.3, -0.25) is 4.98 Å². The van der Waals surface area contributed by atoms with Crippen molar-refractivity contribution < 1.29 is 0 Å². The number of aromatic nitrogens is 1. The summed E-state index contributed by atoms with van der Waals surface area (Å²) >= 11 is 7.86. The van der Waals surface area contributed by atoms with Gasteiger partial charge < -0.3 is 5.73 Å². The lowest BCUT2D eigenvalue weighted by molar-refractivity contribution is 0.748. The number of benzene rings is 1. The molecule has 0 bridgehead atoms. The minimum Gasteiger partial charge on any atom is -0.327 e. The molecule has 0 saturated heterocycles. The van der Waals surface area contributed by atoms with Crippen LogP contribution in [0.5, 0.6) is 0 Å². The SMILES string of the molecule is Cc1ccc(SCC(N)Cc2ccncc2Cl)cc1. The van der Waals surface area contributed by atoms with Gasteiger partial charge in [0.1, 0.15) is 0 Å². The number of nitrogens with zero attached hydrogens (tertiary/aromatic N) is 1. The highest BCUT2D eigenvalue weighted by Crippen LogP contribution is 2.21. The second-order valence-corrected chi connectivity index (χ2v) is 6.06. The molecule has 19 heavy (non-hydrogen) atoms. The number of nitrogens with two attached hydrogens (primary N) is 1. The molecule has 1 atom stereocenters. The third-order valence-electron chi connectivity index (χ3n) is 2.82. The van der Waals surface area contributed by atoms with Crippen LogP contribution < -0.4 is 5.73 Å². The summed E-state index contributed by atoms with van der Waals surface area (Å²) in [5.74, 6) is 0.877. The molecule has 0 aliphatic rings. The summed E-state index contributed by atoms with van der Waals surface area (Å²) < 4.78 is 0. The maximum absolute atomic E-state index is 6.15. The zero-order valence-corrected chi connectivity index (χ0v) is 12.4. The topological polar surface area (TPSA) is 38.9 Å². The molecule has 1 aromatic carbocycles. The second kappa shape index (κ2) is 6.94. The van der Waals surface area contributed by atoms with Gasteiger partial charge in [-0.05, 0) is 37.1 Å². The summed E-state index contributed by atoms with van der Waals surface area (Å²) in [6.45, 7) is 2.09. The van der Waals surface area contributed by atoms with E-state index in [0.717, 1.165) is 17.7 Å². The normalized spacial score (nSPS) is 12.4. The van der Waals surface area contributed by atoms with Crippen molar-refractivity contribution in [2.45, 2.75) is 24.3 Å². The van der Waals surface area contributed by atoms with Crippen molar-refractivity contribution >= 4 is 23.4 Å². The monoisotopic (exact) mass is 292 g/mol. The van der Waals surface area contributed by atoms with Crippen LogP contribution in [-0.2, 0) is 6.42 Å². The lowest BCUT2D eigenvalue weighted by Gasteiger charge is -2.12. The molecule has 0 aliphatic heterocycles. The predicted molar refractivity (Wildman–Crippen MR) is 82.8 cm³/mol. The molecule has 1 aromatic heterocycles. The second-order valence-electron chi connectivity index (χ2n) is 4.56.